The first-order valence-electron chi connectivity index (χ1n) is 12.5. The van der Waals surface area contributed by atoms with Crippen LogP contribution in [0.25, 0.3) is 0 Å². The van der Waals surface area contributed by atoms with Crippen LogP contribution < -0.4 is 10.6 Å². The first-order valence-corrected chi connectivity index (χ1v) is 14.1. The van der Waals surface area contributed by atoms with Gasteiger partial charge in [0.1, 0.15) is 10.0 Å². The zero-order valence-corrected chi connectivity index (χ0v) is 24.0. The fourth-order valence-electron chi connectivity index (χ4n) is 4.24. The second-order valence-electron chi connectivity index (χ2n) is 8.28. The van der Waals surface area contributed by atoms with Crippen molar-refractivity contribution >= 4 is 56.4 Å². The molecular formula is C28H32N2O6S2. The summed E-state index contributed by atoms with van der Waals surface area (Å²) in [6.45, 7) is 11.5. The van der Waals surface area contributed by atoms with E-state index in [1.807, 2.05) is 27.7 Å². The highest BCUT2D eigenvalue weighted by Gasteiger charge is 2.27. The number of hydrogen-bond donors (Lipinski definition) is 2. The molecule has 0 spiro atoms. The Morgan fingerprint density at radius 2 is 1.05 bits per heavy atom. The number of ether oxygens (including phenoxy) is 2. The van der Waals surface area contributed by atoms with E-state index in [9.17, 15) is 19.2 Å². The summed E-state index contributed by atoms with van der Waals surface area (Å²) in [7, 11) is 0. The van der Waals surface area contributed by atoms with Crippen LogP contribution in [-0.2, 0) is 22.3 Å². The smallest absolute Gasteiger partial charge is 0.341 e. The number of anilines is 2. The summed E-state index contributed by atoms with van der Waals surface area (Å²) >= 11 is 2.59. The molecule has 0 aliphatic rings. The van der Waals surface area contributed by atoms with Gasteiger partial charge in [0, 0.05) is 9.75 Å². The summed E-state index contributed by atoms with van der Waals surface area (Å²) in [4.78, 5) is 53.9. The Kier molecular flexibility index (Phi) is 9.82. The van der Waals surface area contributed by atoms with Gasteiger partial charge in [0.05, 0.1) is 35.5 Å². The van der Waals surface area contributed by atoms with E-state index in [0.717, 1.165) is 20.9 Å². The minimum absolute atomic E-state index is 0.130. The normalized spacial score (nSPS) is 10.7. The predicted octanol–water partition coefficient (Wildman–Crippen LogP) is 6.41. The summed E-state index contributed by atoms with van der Waals surface area (Å²) < 4.78 is 10.4. The maximum absolute atomic E-state index is 13.4. The first-order chi connectivity index (χ1) is 18.2. The molecule has 0 aliphatic carbocycles. The topological polar surface area (TPSA) is 111 Å². The fraction of sp³-hybridized carbons (Fsp3) is 0.357. The van der Waals surface area contributed by atoms with Crippen molar-refractivity contribution < 1.29 is 28.7 Å². The van der Waals surface area contributed by atoms with Crippen LogP contribution in [0.5, 0.6) is 0 Å². The summed E-state index contributed by atoms with van der Waals surface area (Å²) in [6.07, 6.45) is 1.21. The molecule has 10 heteroatoms. The van der Waals surface area contributed by atoms with Crippen LogP contribution in [0.1, 0.15) is 90.0 Å². The molecule has 0 saturated heterocycles. The lowest BCUT2D eigenvalue weighted by Gasteiger charge is -2.12. The summed E-state index contributed by atoms with van der Waals surface area (Å²) in [6, 6.07) is 6.39. The molecule has 0 atom stereocenters. The highest BCUT2D eigenvalue weighted by molar-refractivity contribution is 7.17. The van der Waals surface area contributed by atoms with Crippen LogP contribution in [-0.4, -0.2) is 37.0 Å². The highest BCUT2D eigenvalue weighted by atomic mass is 32.1. The standard InChI is InChI=1S/C28H32N2O6S2/c1-7-17-15(5)37-25(21(17)27(33)35-9-3)29-23(31)19-13-11-12-14-20(19)24(32)30-26-22(28(34)36-10-4)18(8-2)16(6)38-26/h11-14H,7-10H2,1-6H3,(H,29,31)(H,30,32). The second kappa shape index (κ2) is 12.8. The van der Waals surface area contributed by atoms with E-state index >= 15 is 0 Å². The van der Waals surface area contributed by atoms with Crippen LogP contribution in [0.4, 0.5) is 10.0 Å². The van der Waals surface area contributed by atoms with Crippen molar-refractivity contribution in [1.82, 2.24) is 0 Å². The largest absolute Gasteiger partial charge is 0.462 e. The Morgan fingerprint density at radius 1 is 0.684 bits per heavy atom. The summed E-state index contributed by atoms with van der Waals surface area (Å²) in [5.41, 5.74) is 2.58. The molecule has 3 aromatic rings. The maximum atomic E-state index is 13.4. The molecule has 38 heavy (non-hydrogen) atoms. The number of esters is 2. The van der Waals surface area contributed by atoms with Crippen LogP contribution in [0.3, 0.4) is 0 Å². The zero-order chi connectivity index (χ0) is 28.0. The van der Waals surface area contributed by atoms with Crippen molar-refractivity contribution in [2.45, 2.75) is 54.4 Å². The molecule has 2 N–H and O–H groups in total. The van der Waals surface area contributed by atoms with Crippen molar-refractivity contribution in [3.63, 3.8) is 0 Å². The minimum atomic E-state index is -0.535. The Bertz CT molecular complexity index is 1270. The van der Waals surface area contributed by atoms with Crippen LogP contribution >= 0.6 is 22.7 Å². The van der Waals surface area contributed by atoms with E-state index in [1.165, 1.54) is 22.7 Å². The summed E-state index contributed by atoms with van der Waals surface area (Å²) in [5.74, 6) is -2.07. The third-order valence-electron chi connectivity index (χ3n) is 5.95. The van der Waals surface area contributed by atoms with Gasteiger partial charge in [0.2, 0.25) is 0 Å². The van der Waals surface area contributed by atoms with Gasteiger partial charge in [0.25, 0.3) is 11.8 Å². The van der Waals surface area contributed by atoms with Crippen molar-refractivity contribution in [3.8, 4) is 0 Å². The van der Waals surface area contributed by atoms with Crippen molar-refractivity contribution in [2.75, 3.05) is 23.8 Å². The van der Waals surface area contributed by atoms with E-state index in [4.69, 9.17) is 9.47 Å². The number of benzene rings is 1. The van der Waals surface area contributed by atoms with Gasteiger partial charge < -0.3 is 20.1 Å². The molecule has 1 aromatic carbocycles. The number of hydrogen-bond acceptors (Lipinski definition) is 8. The van der Waals surface area contributed by atoms with Gasteiger partial charge >= 0.3 is 11.9 Å². The number of aryl methyl sites for hydroxylation is 2. The van der Waals surface area contributed by atoms with E-state index in [1.54, 1.807) is 38.1 Å². The van der Waals surface area contributed by atoms with Gasteiger partial charge in [-0.15, -0.1) is 22.7 Å². The number of thiophene rings is 2. The minimum Gasteiger partial charge on any atom is -0.462 e. The monoisotopic (exact) mass is 556 g/mol. The molecular weight excluding hydrogens is 524 g/mol. The molecule has 0 fully saturated rings. The van der Waals surface area contributed by atoms with Gasteiger partial charge in [-0.1, -0.05) is 26.0 Å². The SMILES string of the molecule is CCOC(=O)c1c(NC(=O)c2ccccc2C(=O)Nc2sc(C)c(CC)c2C(=O)OCC)sc(C)c1CC. The van der Waals surface area contributed by atoms with Crippen molar-refractivity contribution in [1.29, 1.82) is 0 Å². The van der Waals surface area contributed by atoms with E-state index in [-0.39, 0.29) is 24.3 Å². The average molecular weight is 557 g/mol. The number of nitrogens with one attached hydrogen (secondary N) is 2. The number of rotatable bonds is 10. The molecule has 3 rings (SSSR count). The van der Waals surface area contributed by atoms with Crippen molar-refractivity contribution in [3.05, 3.63) is 67.4 Å². The Labute approximate surface area is 230 Å². The lowest BCUT2D eigenvalue weighted by atomic mass is 10.0. The van der Waals surface area contributed by atoms with Crippen LogP contribution in [0.2, 0.25) is 0 Å². The number of carbonyl (C=O) groups is 4. The van der Waals surface area contributed by atoms with E-state index < -0.39 is 23.8 Å². The molecule has 8 nitrogen and oxygen atoms in total. The molecule has 2 amide bonds. The average Bonchev–Trinajstić information content (AvgIpc) is 3.38. The van der Waals surface area contributed by atoms with Crippen LogP contribution in [0, 0.1) is 13.8 Å². The molecule has 0 radical (unpaired) electrons. The quantitative estimate of drug-likeness (QED) is 0.279. The van der Waals surface area contributed by atoms with Crippen molar-refractivity contribution in [2.24, 2.45) is 0 Å². The Morgan fingerprint density at radius 3 is 1.37 bits per heavy atom. The fourth-order valence-corrected chi connectivity index (χ4v) is 6.50. The van der Waals surface area contributed by atoms with E-state index in [0.29, 0.717) is 34.0 Å². The molecule has 202 valence electrons. The van der Waals surface area contributed by atoms with E-state index in [2.05, 4.69) is 10.6 Å². The lowest BCUT2D eigenvalue weighted by Crippen LogP contribution is -2.21. The Balaban J connectivity index is 1.95. The third-order valence-corrected chi connectivity index (χ3v) is 8.08. The second-order valence-corrected chi connectivity index (χ2v) is 10.7. The first kappa shape index (κ1) is 29.1. The third kappa shape index (κ3) is 5.97. The molecule has 0 unspecified atom stereocenters. The highest BCUT2D eigenvalue weighted by Crippen LogP contribution is 2.36. The Hall–Kier alpha value is -3.50. The predicted molar refractivity (Wildman–Crippen MR) is 151 cm³/mol. The maximum Gasteiger partial charge on any atom is 0.341 e. The molecule has 0 bridgehead atoms. The number of carbonyl (C=O) groups excluding carboxylic acids is 4. The van der Waals surface area contributed by atoms with Gasteiger partial charge in [-0.2, -0.15) is 0 Å². The molecule has 0 aliphatic heterocycles. The van der Waals surface area contributed by atoms with Gasteiger partial charge in [-0.3, -0.25) is 9.59 Å². The molecule has 0 saturated carbocycles. The summed E-state index contributed by atoms with van der Waals surface area (Å²) in [5, 5.41) is 6.39. The molecule has 2 aromatic heterocycles. The van der Waals surface area contributed by atoms with Gasteiger partial charge in [-0.05, 0) is 63.8 Å². The van der Waals surface area contributed by atoms with Gasteiger partial charge in [-0.25, -0.2) is 9.59 Å². The zero-order valence-electron chi connectivity index (χ0n) is 22.4. The van der Waals surface area contributed by atoms with Crippen LogP contribution in [0.15, 0.2) is 24.3 Å². The van der Waals surface area contributed by atoms with Gasteiger partial charge in [0.15, 0.2) is 0 Å². The molecule has 2 heterocycles. The lowest BCUT2D eigenvalue weighted by molar-refractivity contribution is 0.0517. The number of amides is 2.